The number of amides is 1. The van der Waals surface area contributed by atoms with Gasteiger partial charge in [-0.15, -0.1) is 0 Å². The molecule has 6 nitrogen and oxygen atoms in total. The van der Waals surface area contributed by atoms with Crippen LogP contribution in [0.4, 0.5) is 11.5 Å². The van der Waals surface area contributed by atoms with Crippen molar-refractivity contribution in [2.45, 2.75) is 19.8 Å². The van der Waals surface area contributed by atoms with Gasteiger partial charge in [-0.3, -0.25) is 4.79 Å². The van der Waals surface area contributed by atoms with E-state index in [2.05, 4.69) is 27.5 Å². The lowest BCUT2D eigenvalue weighted by Crippen LogP contribution is -2.25. The monoisotopic (exact) mass is 300 g/mol. The molecule has 1 aromatic carbocycles. The number of methoxy groups -OCH3 is 1. The molecule has 0 aliphatic rings. The average molecular weight is 300 g/mol. The fourth-order valence-corrected chi connectivity index (χ4v) is 1.83. The number of aromatic nitrogens is 2. The molecule has 0 aliphatic carbocycles. The lowest BCUT2D eigenvalue weighted by Gasteiger charge is -2.08. The van der Waals surface area contributed by atoms with Crippen LogP contribution in [-0.4, -0.2) is 29.5 Å². The number of nitrogens with one attached hydrogen (secondary N) is 2. The topological polar surface area (TPSA) is 76.1 Å². The van der Waals surface area contributed by atoms with Crippen molar-refractivity contribution in [2.24, 2.45) is 0 Å². The Morgan fingerprint density at radius 3 is 2.82 bits per heavy atom. The molecule has 2 rings (SSSR count). The van der Waals surface area contributed by atoms with E-state index < -0.39 is 0 Å². The van der Waals surface area contributed by atoms with E-state index in [0.29, 0.717) is 18.1 Å². The number of unbranched alkanes of at least 4 members (excludes halogenated alkanes) is 1. The Morgan fingerprint density at radius 1 is 1.27 bits per heavy atom. The predicted molar refractivity (Wildman–Crippen MR) is 85.5 cm³/mol. The molecule has 0 radical (unpaired) electrons. The van der Waals surface area contributed by atoms with Gasteiger partial charge in [0.05, 0.1) is 19.5 Å². The highest BCUT2D eigenvalue weighted by atomic mass is 16.5. The number of anilines is 2. The van der Waals surface area contributed by atoms with E-state index in [4.69, 9.17) is 4.74 Å². The lowest BCUT2D eigenvalue weighted by molar-refractivity contribution is 0.0948. The van der Waals surface area contributed by atoms with Gasteiger partial charge < -0.3 is 15.4 Å². The highest BCUT2D eigenvalue weighted by Gasteiger charge is 2.07. The Hall–Kier alpha value is -2.63. The van der Waals surface area contributed by atoms with E-state index in [0.717, 1.165) is 24.3 Å². The zero-order valence-corrected chi connectivity index (χ0v) is 12.8. The summed E-state index contributed by atoms with van der Waals surface area (Å²) in [6, 6.07) is 7.49. The van der Waals surface area contributed by atoms with Gasteiger partial charge in [-0.05, 0) is 18.6 Å². The van der Waals surface area contributed by atoms with E-state index >= 15 is 0 Å². The number of hydrogen-bond acceptors (Lipinski definition) is 5. The number of carbonyl (C=O) groups is 1. The van der Waals surface area contributed by atoms with Gasteiger partial charge in [-0.25, -0.2) is 9.97 Å². The Morgan fingerprint density at radius 2 is 2.14 bits per heavy atom. The van der Waals surface area contributed by atoms with Crippen molar-refractivity contribution in [1.82, 2.24) is 15.3 Å². The lowest BCUT2D eigenvalue weighted by atomic mass is 10.3. The molecule has 1 amide bonds. The number of rotatable bonds is 7. The average Bonchev–Trinajstić information content (AvgIpc) is 2.56. The number of ether oxygens (including phenoxy) is 1. The first-order valence-electron chi connectivity index (χ1n) is 7.24. The van der Waals surface area contributed by atoms with Crippen LogP contribution in [0.25, 0.3) is 0 Å². The van der Waals surface area contributed by atoms with Crippen LogP contribution >= 0.6 is 0 Å². The summed E-state index contributed by atoms with van der Waals surface area (Å²) in [5.41, 5.74) is 1.15. The van der Waals surface area contributed by atoms with Crippen LogP contribution in [0.3, 0.4) is 0 Å². The van der Waals surface area contributed by atoms with Crippen molar-refractivity contribution in [3.63, 3.8) is 0 Å². The van der Waals surface area contributed by atoms with E-state index in [1.54, 1.807) is 7.11 Å². The first-order chi connectivity index (χ1) is 10.7. The number of carbonyl (C=O) groups excluding carboxylic acids is 1. The SMILES string of the molecule is CCCCNC(=O)c1cnc(Nc2cccc(OC)c2)cn1. The van der Waals surface area contributed by atoms with Crippen LogP contribution in [0.2, 0.25) is 0 Å². The first kappa shape index (κ1) is 15.8. The van der Waals surface area contributed by atoms with Gasteiger partial charge in [-0.2, -0.15) is 0 Å². The molecule has 0 aliphatic heterocycles. The van der Waals surface area contributed by atoms with Gasteiger partial charge in [0.1, 0.15) is 17.3 Å². The third-order valence-electron chi connectivity index (χ3n) is 3.04. The fourth-order valence-electron chi connectivity index (χ4n) is 1.83. The third-order valence-corrected chi connectivity index (χ3v) is 3.04. The molecule has 0 atom stereocenters. The molecule has 2 aromatic rings. The minimum Gasteiger partial charge on any atom is -0.497 e. The predicted octanol–water partition coefficient (Wildman–Crippen LogP) is 2.76. The maximum absolute atomic E-state index is 11.8. The highest BCUT2D eigenvalue weighted by Crippen LogP contribution is 2.19. The molecular weight excluding hydrogens is 280 g/mol. The molecule has 0 fully saturated rings. The molecular formula is C16H20N4O2. The van der Waals surface area contributed by atoms with Gasteiger partial charge in [0.15, 0.2) is 0 Å². The molecule has 0 bridgehead atoms. The highest BCUT2D eigenvalue weighted by molar-refractivity contribution is 5.92. The van der Waals surface area contributed by atoms with Crippen LogP contribution in [0, 0.1) is 0 Å². The molecule has 0 saturated carbocycles. The second-order valence-electron chi connectivity index (χ2n) is 4.75. The fraction of sp³-hybridized carbons (Fsp3) is 0.312. The smallest absolute Gasteiger partial charge is 0.271 e. The molecule has 0 unspecified atom stereocenters. The summed E-state index contributed by atoms with van der Waals surface area (Å²) in [5, 5.41) is 5.92. The summed E-state index contributed by atoms with van der Waals surface area (Å²) in [7, 11) is 1.62. The zero-order valence-electron chi connectivity index (χ0n) is 12.8. The van der Waals surface area contributed by atoms with Gasteiger partial charge in [-0.1, -0.05) is 19.4 Å². The molecule has 6 heteroatoms. The molecule has 1 aromatic heterocycles. The Labute approximate surface area is 129 Å². The van der Waals surface area contributed by atoms with Gasteiger partial charge in [0.2, 0.25) is 0 Å². The second kappa shape index (κ2) is 7.97. The van der Waals surface area contributed by atoms with Crippen molar-refractivity contribution in [3.8, 4) is 5.75 Å². The van der Waals surface area contributed by atoms with Crippen LogP contribution < -0.4 is 15.4 Å². The molecule has 1 heterocycles. The van der Waals surface area contributed by atoms with Crippen molar-refractivity contribution in [3.05, 3.63) is 42.4 Å². The van der Waals surface area contributed by atoms with E-state index in [1.165, 1.54) is 12.4 Å². The number of benzene rings is 1. The van der Waals surface area contributed by atoms with Crippen molar-refractivity contribution < 1.29 is 9.53 Å². The minimum atomic E-state index is -0.200. The maximum Gasteiger partial charge on any atom is 0.271 e. The summed E-state index contributed by atoms with van der Waals surface area (Å²) < 4.78 is 5.16. The summed E-state index contributed by atoms with van der Waals surface area (Å²) in [5.74, 6) is 1.12. The molecule has 116 valence electrons. The summed E-state index contributed by atoms with van der Waals surface area (Å²) >= 11 is 0. The van der Waals surface area contributed by atoms with Crippen LogP contribution in [0.15, 0.2) is 36.7 Å². The van der Waals surface area contributed by atoms with Crippen LogP contribution in [0.1, 0.15) is 30.3 Å². The van der Waals surface area contributed by atoms with Gasteiger partial charge in [0.25, 0.3) is 5.91 Å². The quantitative estimate of drug-likeness (QED) is 0.769. The van der Waals surface area contributed by atoms with Crippen LogP contribution in [-0.2, 0) is 0 Å². The zero-order chi connectivity index (χ0) is 15.8. The molecule has 22 heavy (non-hydrogen) atoms. The Balaban J connectivity index is 1.97. The maximum atomic E-state index is 11.8. The summed E-state index contributed by atoms with van der Waals surface area (Å²) in [6.07, 6.45) is 4.99. The van der Waals surface area contributed by atoms with E-state index in [9.17, 15) is 4.79 Å². The third kappa shape index (κ3) is 4.44. The molecule has 2 N–H and O–H groups in total. The Kier molecular flexibility index (Phi) is 5.71. The molecule has 0 spiro atoms. The first-order valence-corrected chi connectivity index (χ1v) is 7.24. The van der Waals surface area contributed by atoms with Crippen molar-refractivity contribution >= 4 is 17.4 Å². The summed E-state index contributed by atoms with van der Waals surface area (Å²) in [4.78, 5) is 20.2. The van der Waals surface area contributed by atoms with Gasteiger partial charge >= 0.3 is 0 Å². The van der Waals surface area contributed by atoms with Crippen molar-refractivity contribution in [2.75, 3.05) is 19.0 Å². The largest absolute Gasteiger partial charge is 0.497 e. The summed E-state index contributed by atoms with van der Waals surface area (Å²) in [6.45, 7) is 2.73. The van der Waals surface area contributed by atoms with Crippen molar-refractivity contribution in [1.29, 1.82) is 0 Å². The van der Waals surface area contributed by atoms with E-state index in [1.807, 2.05) is 24.3 Å². The van der Waals surface area contributed by atoms with Crippen LogP contribution in [0.5, 0.6) is 5.75 Å². The number of nitrogens with zero attached hydrogens (tertiary/aromatic N) is 2. The standard InChI is InChI=1S/C16H20N4O2/c1-3-4-8-17-16(21)14-10-19-15(11-18-14)20-12-6-5-7-13(9-12)22-2/h5-7,9-11H,3-4,8H2,1-2H3,(H,17,21)(H,19,20). The van der Waals surface area contributed by atoms with Gasteiger partial charge in [0, 0.05) is 18.3 Å². The van der Waals surface area contributed by atoms with E-state index in [-0.39, 0.29) is 5.91 Å². The second-order valence-corrected chi connectivity index (χ2v) is 4.75. The minimum absolute atomic E-state index is 0.200. The Bertz CT molecular complexity index is 614. The number of hydrogen-bond donors (Lipinski definition) is 2. The normalized spacial score (nSPS) is 10.1. The molecule has 0 saturated heterocycles.